The molecule has 1 aromatic carbocycles. The van der Waals surface area contributed by atoms with Crippen LogP contribution in [0.2, 0.25) is 0 Å². The molecule has 3 rings (SSSR count). The summed E-state index contributed by atoms with van der Waals surface area (Å²) in [7, 11) is 1.37. The van der Waals surface area contributed by atoms with E-state index in [-0.39, 0.29) is 17.7 Å². The highest BCUT2D eigenvalue weighted by Crippen LogP contribution is 2.50. The first kappa shape index (κ1) is 16.6. The van der Waals surface area contributed by atoms with Crippen LogP contribution in [-0.2, 0) is 5.54 Å². The normalized spacial score (nSPS) is 20.3. The van der Waals surface area contributed by atoms with Crippen LogP contribution in [0.15, 0.2) is 42.6 Å². The van der Waals surface area contributed by atoms with Crippen LogP contribution in [0.1, 0.15) is 17.5 Å². The van der Waals surface area contributed by atoms with Crippen molar-refractivity contribution in [1.29, 1.82) is 0 Å². The number of ether oxygens (including phenoxy) is 1. The Bertz CT molecular complexity index is 820. The van der Waals surface area contributed by atoms with Crippen LogP contribution in [-0.4, -0.2) is 18.3 Å². The molecule has 2 atom stereocenters. The molecule has 1 aromatic heterocycles. The third-order valence-corrected chi connectivity index (χ3v) is 4.67. The first-order valence-electron chi connectivity index (χ1n) is 7.64. The average Bonchev–Trinajstić information content (AvgIpc) is 3.03. The van der Waals surface area contributed by atoms with Crippen molar-refractivity contribution in [1.82, 2.24) is 4.98 Å². The number of fused-ring (bicyclic) bond motifs is 1. The Morgan fingerprint density at radius 2 is 2.04 bits per heavy atom. The number of halogens is 3. The zero-order valence-corrected chi connectivity index (χ0v) is 13.4. The number of aromatic nitrogens is 1. The van der Waals surface area contributed by atoms with Gasteiger partial charge in [-0.2, -0.15) is 13.2 Å². The van der Waals surface area contributed by atoms with Gasteiger partial charge in [0.05, 0.1) is 7.11 Å². The van der Waals surface area contributed by atoms with Crippen LogP contribution < -0.4 is 10.5 Å². The molecule has 24 heavy (non-hydrogen) atoms. The van der Waals surface area contributed by atoms with E-state index in [1.165, 1.54) is 13.2 Å². The summed E-state index contributed by atoms with van der Waals surface area (Å²) in [6, 6.07) is 3.22. The molecule has 0 fully saturated rings. The van der Waals surface area contributed by atoms with Gasteiger partial charge in [0.2, 0.25) is 0 Å². The highest BCUT2D eigenvalue weighted by molar-refractivity contribution is 5.89. The average molecular weight is 336 g/mol. The number of allylic oxidation sites excluding steroid dienone is 3. The van der Waals surface area contributed by atoms with E-state index in [0.29, 0.717) is 10.9 Å². The first-order valence-corrected chi connectivity index (χ1v) is 7.64. The lowest BCUT2D eigenvalue weighted by atomic mass is 9.73. The monoisotopic (exact) mass is 336 g/mol. The molecule has 128 valence electrons. The zero-order valence-electron chi connectivity index (χ0n) is 13.4. The van der Waals surface area contributed by atoms with Gasteiger partial charge in [0.1, 0.15) is 11.3 Å². The number of rotatable bonds is 3. The Morgan fingerprint density at radius 1 is 1.29 bits per heavy atom. The molecule has 1 heterocycles. The number of benzene rings is 1. The van der Waals surface area contributed by atoms with Crippen LogP contribution >= 0.6 is 0 Å². The Balaban J connectivity index is 2.35. The molecular weight excluding hydrogens is 317 g/mol. The van der Waals surface area contributed by atoms with Crippen molar-refractivity contribution in [2.45, 2.75) is 25.1 Å². The largest absolute Gasteiger partial charge is 0.496 e. The smallest absolute Gasteiger partial charge is 0.411 e. The van der Waals surface area contributed by atoms with E-state index >= 15 is 0 Å². The minimum Gasteiger partial charge on any atom is -0.496 e. The van der Waals surface area contributed by atoms with Gasteiger partial charge in [-0.25, -0.2) is 0 Å². The summed E-state index contributed by atoms with van der Waals surface area (Å²) < 4.78 is 47.8. The molecule has 0 amide bonds. The fourth-order valence-electron chi connectivity index (χ4n) is 3.42. The summed E-state index contributed by atoms with van der Waals surface area (Å²) in [5.74, 6) is -0.750. The Labute approximate surface area is 138 Å². The van der Waals surface area contributed by atoms with E-state index in [0.717, 1.165) is 5.56 Å². The third-order valence-electron chi connectivity index (χ3n) is 4.67. The lowest BCUT2D eigenvalue weighted by Gasteiger charge is -2.39. The highest BCUT2D eigenvalue weighted by atomic mass is 19.4. The van der Waals surface area contributed by atoms with Gasteiger partial charge in [-0.15, -0.1) is 0 Å². The Morgan fingerprint density at radius 3 is 2.62 bits per heavy atom. The number of nitrogens with one attached hydrogen (secondary N) is 1. The molecule has 0 saturated carbocycles. The van der Waals surface area contributed by atoms with Crippen molar-refractivity contribution in [3.05, 3.63) is 53.8 Å². The standard InChI is InChI=1S/C18H19F3N2O/c1-11-10-14(24-2)15(13-8-9-23-16(11)13)17(22,18(19,20)21)12-6-4-3-5-7-12/h3-6,8-10,12,23H,7,22H2,1-2H3. The summed E-state index contributed by atoms with van der Waals surface area (Å²) >= 11 is 0. The topological polar surface area (TPSA) is 51.0 Å². The minimum absolute atomic E-state index is 0.0238. The van der Waals surface area contributed by atoms with Gasteiger partial charge in [-0.05, 0) is 31.0 Å². The van der Waals surface area contributed by atoms with E-state index in [1.54, 1.807) is 36.6 Å². The molecule has 0 bridgehead atoms. The Hall–Kier alpha value is -2.21. The van der Waals surface area contributed by atoms with Crippen LogP contribution in [0, 0.1) is 12.8 Å². The second-order valence-corrected chi connectivity index (χ2v) is 6.06. The fourth-order valence-corrected chi connectivity index (χ4v) is 3.42. The molecule has 2 aromatic rings. The second-order valence-electron chi connectivity index (χ2n) is 6.06. The number of nitrogens with two attached hydrogens (primary N) is 1. The molecule has 0 spiro atoms. The molecular formula is C18H19F3N2O. The number of hydrogen-bond donors (Lipinski definition) is 2. The summed E-state index contributed by atoms with van der Waals surface area (Å²) in [6.07, 6.45) is 3.75. The molecule has 1 aliphatic rings. The van der Waals surface area contributed by atoms with E-state index in [2.05, 4.69) is 4.98 Å². The maximum atomic E-state index is 14.2. The van der Waals surface area contributed by atoms with Gasteiger partial charge in [-0.3, -0.25) is 0 Å². The van der Waals surface area contributed by atoms with Gasteiger partial charge < -0.3 is 15.5 Å². The molecule has 2 unspecified atom stereocenters. The van der Waals surface area contributed by atoms with Crippen LogP contribution in [0.25, 0.3) is 10.9 Å². The van der Waals surface area contributed by atoms with Crippen molar-refractivity contribution in [3.8, 4) is 5.75 Å². The lowest BCUT2D eigenvalue weighted by Crippen LogP contribution is -2.55. The van der Waals surface area contributed by atoms with E-state index < -0.39 is 17.6 Å². The van der Waals surface area contributed by atoms with Crippen LogP contribution in [0.5, 0.6) is 5.75 Å². The molecule has 3 N–H and O–H groups in total. The molecule has 6 heteroatoms. The van der Waals surface area contributed by atoms with Crippen molar-refractivity contribution < 1.29 is 17.9 Å². The molecule has 0 aliphatic heterocycles. The minimum atomic E-state index is -4.64. The number of methoxy groups -OCH3 is 1. The number of alkyl halides is 3. The second kappa shape index (κ2) is 5.70. The summed E-state index contributed by atoms with van der Waals surface area (Å²) in [6.45, 7) is 1.82. The predicted molar refractivity (Wildman–Crippen MR) is 87.9 cm³/mol. The van der Waals surface area contributed by atoms with Crippen molar-refractivity contribution in [3.63, 3.8) is 0 Å². The zero-order chi connectivity index (χ0) is 17.5. The Kier molecular flexibility index (Phi) is 3.95. The van der Waals surface area contributed by atoms with Gasteiger partial charge in [-0.1, -0.05) is 24.3 Å². The molecule has 1 aliphatic carbocycles. The maximum absolute atomic E-state index is 14.2. The van der Waals surface area contributed by atoms with Crippen LogP contribution in [0.3, 0.4) is 0 Å². The summed E-state index contributed by atoms with van der Waals surface area (Å²) in [4.78, 5) is 3.00. The third kappa shape index (κ3) is 2.33. The predicted octanol–water partition coefficient (Wildman–Crippen LogP) is 4.33. The number of hydrogen-bond acceptors (Lipinski definition) is 2. The quantitative estimate of drug-likeness (QED) is 0.876. The first-order chi connectivity index (χ1) is 11.3. The van der Waals surface area contributed by atoms with Crippen molar-refractivity contribution in [2.75, 3.05) is 7.11 Å². The van der Waals surface area contributed by atoms with E-state index in [4.69, 9.17) is 10.5 Å². The summed E-state index contributed by atoms with van der Waals surface area (Å²) in [5, 5.41) is 0.439. The summed E-state index contributed by atoms with van der Waals surface area (Å²) in [5.41, 5.74) is 4.99. The number of aryl methyl sites for hydroxylation is 1. The lowest BCUT2D eigenvalue weighted by molar-refractivity contribution is -0.200. The molecule has 3 nitrogen and oxygen atoms in total. The maximum Gasteiger partial charge on any atom is 0.411 e. The number of H-pyrrole nitrogens is 1. The fraction of sp³-hybridized carbons (Fsp3) is 0.333. The van der Waals surface area contributed by atoms with E-state index in [1.807, 2.05) is 6.92 Å². The van der Waals surface area contributed by atoms with Crippen molar-refractivity contribution >= 4 is 10.9 Å². The molecule has 0 saturated heterocycles. The number of aromatic amines is 1. The SMILES string of the molecule is COc1cc(C)c2[nH]ccc2c1C(N)(C1C=CC=CC1)C(F)(F)F. The van der Waals surface area contributed by atoms with Gasteiger partial charge in [0.25, 0.3) is 0 Å². The van der Waals surface area contributed by atoms with E-state index in [9.17, 15) is 13.2 Å². The molecule has 0 radical (unpaired) electrons. The van der Waals surface area contributed by atoms with Crippen LogP contribution in [0.4, 0.5) is 13.2 Å². The van der Waals surface area contributed by atoms with Crippen molar-refractivity contribution in [2.24, 2.45) is 11.7 Å². The highest BCUT2D eigenvalue weighted by Gasteiger charge is 2.59. The van der Waals surface area contributed by atoms with Gasteiger partial charge >= 0.3 is 6.18 Å². The van der Waals surface area contributed by atoms with Gasteiger partial charge in [0.15, 0.2) is 0 Å². The van der Waals surface area contributed by atoms with Gasteiger partial charge in [0, 0.05) is 28.6 Å².